The van der Waals surface area contributed by atoms with E-state index in [0.717, 1.165) is 54.8 Å². The third-order valence-electron chi connectivity index (χ3n) is 4.68. The molecule has 0 spiro atoms. The third-order valence-corrected chi connectivity index (χ3v) is 4.68. The molecule has 0 saturated carbocycles. The van der Waals surface area contributed by atoms with Gasteiger partial charge in [0.2, 0.25) is 0 Å². The zero-order valence-electron chi connectivity index (χ0n) is 15.4. The first kappa shape index (κ1) is 21.0. The van der Waals surface area contributed by atoms with E-state index in [4.69, 9.17) is 0 Å². The molecule has 29 heavy (non-hydrogen) atoms. The summed E-state index contributed by atoms with van der Waals surface area (Å²) in [6, 6.07) is 10.1. The average Bonchev–Trinajstić information content (AvgIpc) is 2.66. The lowest BCUT2D eigenvalue weighted by Gasteiger charge is -2.33. The molecular formula is C22H18F6O. The Bertz CT molecular complexity index is 912. The molecule has 2 atom stereocenters. The maximum absolute atomic E-state index is 16.1. The largest absolute Gasteiger partial charge is 0.573 e. The van der Waals surface area contributed by atoms with Crippen molar-refractivity contribution in [1.29, 1.82) is 0 Å². The molecule has 0 saturated heterocycles. The lowest BCUT2D eigenvalue weighted by atomic mass is 9.77. The number of aryl methyl sites for hydroxylation is 1. The summed E-state index contributed by atoms with van der Waals surface area (Å²) in [4.78, 5) is 0. The highest BCUT2D eigenvalue weighted by Crippen LogP contribution is 2.49. The average molecular weight is 412 g/mol. The van der Waals surface area contributed by atoms with Crippen LogP contribution in [0.15, 0.2) is 66.5 Å². The number of hydrogen-bond acceptors (Lipinski definition) is 1. The fourth-order valence-electron chi connectivity index (χ4n) is 3.37. The van der Waals surface area contributed by atoms with Gasteiger partial charge in [-0.05, 0) is 47.4 Å². The Morgan fingerprint density at radius 3 is 2.17 bits per heavy atom. The fraction of sp³-hybridized carbons (Fsp3) is 0.273. The van der Waals surface area contributed by atoms with Crippen molar-refractivity contribution < 1.29 is 31.1 Å². The SMILES string of the molecule is CCCc1ccc(C2(F)C(c3ccc(OC(F)(F)F)cc3)=C(F)C=CC2F)cc1. The number of benzene rings is 2. The van der Waals surface area contributed by atoms with Crippen LogP contribution >= 0.6 is 0 Å². The Morgan fingerprint density at radius 2 is 1.62 bits per heavy atom. The maximum Gasteiger partial charge on any atom is 0.573 e. The van der Waals surface area contributed by atoms with Crippen LogP contribution < -0.4 is 4.74 Å². The lowest BCUT2D eigenvalue weighted by molar-refractivity contribution is -0.274. The van der Waals surface area contributed by atoms with Crippen LogP contribution in [-0.4, -0.2) is 12.5 Å². The Morgan fingerprint density at radius 1 is 1.00 bits per heavy atom. The summed E-state index contributed by atoms with van der Waals surface area (Å²) in [7, 11) is 0. The standard InChI is InChI=1S/C22H18F6O/c1-2-3-14-4-8-16(9-5-14)21(25)19(24)13-12-18(23)20(21)15-6-10-17(11-7-15)29-22(26,27)28/h4-13,19H,2-3H2,1H3. The van der Waals surface area contributed by atoms with E-state index in [1.54, 1.807) is 12.1 Å². The monoisotopic (exact) mass is 412 g/mol. The van der Waals surface area contributed by atoms with Crippen molar-refractivity contribution in [3.63, 3.8) is 0 Å². The number of alkyl halides is 5. The summed E-state index contributed by atoms with van der Waals surface area (Å²) in [6.07, 6.45) is -3.81. The third kappa shape index (κ3) is 4.33. The molecule has 0 aliphatic heterocycles. The van der Waals surface area contributed by atoms with Gasteiger partial charge in [-0.25, -0.2) is 13.2 Å². The van der Waals surface area contributed by atoms with Gasteiger partial charge < -0.3 is 4.74 Å². The van der Waals surface area contributed by atoms with Crippen LogP contribution in [-0.2, 0) is 12.1 Å². The number of allylic oxidation sites excluding steroid dienone is 4. The van der Waals surface area contributed by atoms with E-state index in [1.807, 2.05) is 6.92 Å². The van der Waals surface area contributed by atoms with Crippen molar-refractivity contribution in [2.45, 2.75) is 38.0 Å². The molecule has 154 valence electrons. The van der Waals surface area contributed by atoms with Crippen LogP contribution in [0, 0.1) is 0 Å². The van der Waals surface area contributed by atoms with Crippen molar-refractivity contribution in [3.05, 3.63) is 83.2 Å². The molecule has 0 amide bonds. The van der Waals surface area contributed by atoms with Crippen molar-refractivity contribution in [2.24, 2.45) is 0 Å². The van der Waals surface area contributed by atoms with E-state index in [9.17, 15) is 22.0 Å². The normalized spacial score (nSPS) is 22.1. The molecule has 1 aliphatic rings. The highest BCUT2D eigenvalue weighted by atomic mass is 19.4. The minimum atomic E-state index is -4.90. The quantitative estimate of drug-likeness (QED) is 0.481. The van der Waals surface area contributed by atoms with E-state index in [0.29, 0.717) is 0 Å². The number of rotatable bonds is 5. The summed E-state index contributed by atoms with van der Waals surface area (Å²) in [5, 5.41) is 0. The van der Waals surface area contributed by atoms with Gasteiger partial charge >= 0.3 is 6.36 Å². The molecular weight excluding hydrogens is 394 g/mol. The van der Waals surface area contributed by atoms with Crippen LogP contribution in [0.4, 0.5) is 26.3 Å². The van der Waals surface area contributed by atoms with Crippen molar-refractivity contribution in [1.82, 2.24) is 0 Å². The topological polar surface area (TPSA) is 9.23 Å². The molecule has 0 aromatic heterocycles. The molecule has 2 aromatic carbocycles. The lowest BCUT2D eigenvalue weighted by Crippen LogP contribution is -2.35. The molecule has 1 aliphatic carbocycles. The maximum atomic E-state index is 16.1. The Balaban J connectivity index is 2.03. The zero-order chi connectivity index (χ0) is 21.2. The first-order valence-electron chi connectivity index (χ1n) is 9.02. The van der Waals surface area contributed by atoms with Crippen LogP contribution in [0.25, 0.3) is 5.57 Å². The van der Waals surface area contributed by atoms with Gasteiger partial charge in [-0.3, -0.25) is 0 Å². The van der Waals surface area contributed by atoms with Gasteiger partial charge in [0.1, 0.15) is 11.6 Å². The second kappa shape index (κ2) is 7.97. The van der Waals surface area contributed by atoms with E-state index in [1.165, 1.54) is 12.1 Å². The summed E-state index contributed by atoms with van der Waals surface area (Å²) in [5.74, 6) is -1.54. The summed E-state index contributed by atoms with van der Waals surface area (Å²) < 4.78 is 86.2. The predicted octanol–water partition coefficient (Wildman–Crippen LogP) is 6.99. The van der Waals surface area contributed by atoms with Gasteiger partial charge in [0, 0.05) is 5.57 Å². The Hall–Kier alpha value is -2.70. The smallest absolute Gasteiger partial charge is 0.406 e. The van der Waals surface area contributed by atoms with Gasteiger partial charge in [0.15, 0.2) is 11.8 Å². The Labute approximate surface area is 164 Å². The van der Waals surface area contributed by atoms with Crippen LogP contribution in [0.5, 0.6) is 5.75 Å². The van der Waals surface area contributed by atoms with Crippen molar-refractivity contribution in [2.75, 3.05) is 0 Å². The molecule has 7 heteroatoms. The number of hydrogen-bond donors (Lipinski definition) is 0. The van der Waals surface area contributed by atoms with Crippen molar-refractivity contribution in [3.8, 4) is 5.75 Å². The molecule has 0 radical (unpaired) electrons. The van der Waals surface area contributed by atoms with Gasteiger partial charge in [-0.1, -0.05) is 49.7 Å². The Kier molecular flexibility index (Phi) is 5.78. The van der Waals surface area contributed by atoms with Crippen LogP contribution in [0.3, 0.4) is 0 Å². The first-order valence-corrected chi connectivity index (χ1v) is 9.02. The van der Waals surface area contributed by atoms with Crippen molar-refractivity contribution >= 4 is 5.57 Å². The van der Waals surface area contributed by atoms with Crippen LogP contribution in [0.1, 0.15) is 30.0 Å². The zero-order valence-corrected chi connectivity index (χ0v) is 15.4. The molecule has 2 aromatic rings. The molecule has 0 bridgehead atoms. The molecule has 0 fully saturated rings. The molecule has 3 rings (SSSR count). The van der Waals surface area contributed by atoms with Gasteiger partial charge in [0.25, 0.3) is 0 Å². The molecule has 2 unspecified atom stereocenters. The van der Waals surface area contributed by atoms with E-state index in [-0.39, 0.29) is 11.1 Å². The highest BCUT2D eigenvalue weighted by molar-refractivity contribution is 5.79. The van der Waals surface area contributed by atoms with Gasteiger partial charge in [-0.15, -0.1) is 13.2 Å². The fourth-order valence-corrected chi connectivity index (χ4v) is 3.37. The van der Waals surface area contributed by atoms with Gasteiger partial charge in [0.05, 0.1) is 0 Å². The van der Waals surface area contributed by atoms with E-state index >= 15 is 4.39 Å². The van der Waals surface area contributed by atoms with E-state index in [2.05, 4.69) is 4.74 Å². The molecule has 0 heterocycles. The van der Waals surface area contributed by atoms with E-state index < -0.39 is 35.4 Å². The minimum Gasteiger partial charge on any atom is -0.406 e. The number of ether oxygens (including phenoxy) is 1. The molecule has 1 nitrogen and oxygen atoms in total. The first-order chi connectivity index (χ1) is 13.6. The summed E-state index contributed by atoms with van der Waals surface area (Å²) in [5.41, 5.74) is -2.62. The second-order valence-corrected chi connectivity index (χ2v) is 6.71. The number of halogens is 6. The van der Waals surface area contributed by atoms with Gasteiger partial charge in [-0.2, -0.15) is 0 Å². The van der Waals surface area contributed by atoms with Crippen LogP contribution in [0.2, 0.25) is 0 Å². The summed E-state index contributed by atoms with van der Waals surface area (Å²) in [6.45, 7) is 1.98. The predicted molar refractivity (Wildman–Crippen MR) is 98.4 cm³/mol. The second-order valence-electron chi connectivity index (χ2n) is 6.71. The highest BCUT2D eigenvalue weighted by Gasteiger charge is 2.48. The molecule has 0 N–H and O–H groups in total. The minimum absolute atomic E-state index is 0.0741. The summed E-state index contributed by atoms with van der Waals surface area (Å²) >= 11 is 0.